The molecule has 3 amide bonds. The third-order valence-corrected chi connectivity index (χ3v) is 6.52. The Balaban J connectivity index is 1.70. The monoisotopic (exact) mass is 451 g/mol. The number of nitrogens with one attached hydrogen (secondary N) is 2. The molecule has 3 rings (SSSR count). The summed E-state index contributed by atoms with van der Waals surface area (Å²) in [5.41, 5.74) is -0.663. The number of hydrogen-bond donors (Lipinski definition) is 3. The number of alkyl carbamates (subject to hydrolysis) is 1. The van der Waals surface area contributed by atoms with Crippen molar-refractivity contribution < 1.29 is 28.8 Å². The largest absolute Gasteiger partial charge is 0.478 e. The molecule has 1 saturated carbocycles. The lowest BCUT2D eigenvalue weighted by Crippen LogP contribution is -2.59. The maximum atomic E-state index is 13.6. The van der Waals surface area contributed by atoms with Crippen LogP contribution in [0.1, 0.15) is 78.6 Å². The summed E-state index contributed by atoms with van der Waals surface area (Å²) in [6.45, 7) is 6.30. The highest BCUT2D eigenvalue weighted by atomic mass is 16.6. The Labute approximate surface area is 191 Å². The quantitative estimate of drug-likeness (QED) is 0.549. The second-order valence-corrected chi connectivity index (χ2v) is 10.2. The molecule has 9 nitrogen and oxygen atoms in total. The van der Waals surface area contributed by atoms with Crippen LogP contribution in [0.25, 0.3) is 0 Å². The highest BCUT2D eigenvalue weighted by Gasteiger charge is 2.42. The van der Waals surface area contributed by atoms with Crippen LogP contribution < -0.4 is 10.6 Å². The first-order valence-corrected chi connectivity index (χ1v) is 12.1. The molecule has 3 N–H and O–H groups in total. The fourth-order valence-corrected chi connectivity index (χ4v) is 4.95. The van der Waals surface area contributed by atoms with Gasteiger partial charge in [-0.1, -0.05) is 19.3 Å². The van der Waals surface area contributed by atoms with E-state index in [0.29, 0.717) is 26.0 Å². The molecule has 180 valence electrons. The van der Waals surface area contributed by atoms with Gasteiger partial charge in [0, 0.05) is 13.2 Å². The highest BCUT2D eigenvalue weighted by Crippen LogP contribution is 2.29. The molecule has 0 bridgehead atoms. The number of amides is 3. The van der Waals surface area contributed by atoms with Crippen LogP contribution in [0.4, 0.5) is 4.79 Å². The zero-order chi connectivity index (χ0) is 23.3. The average Bonchev–Trinajstić information content (AvgIpc) is 3.23. The molecule has 3 atom stereocenters. The smallest absolute Gasteiger partial charge is 0.444 e. The fraction of sp³-hybridized carbons (Fsp3) is 0.864. The van der Waals surface area contributed by atoms with Gasteiger partial charge in [-0.2, -0.15) is 0 Å². The molecule has 2 saturated heterocycles. The third-order valence-electron chi connectivity index (χ3n) is 6.52. The fourth-order valence-electron chi connectivity index (χ4n) is 4.95. The average molecular weight is 451 g/mol. The van der Waals surface area contributed by atoms with Crippen molar-refractivity contribution in [3.8, 4) is 0 Å². The van der Waals surface area contributed by atoms with Crippen LogP contribution in [0.2, 0.25) is 0 Å². The van der Waals surface area contributed by atoms with E-state index in [0.717, 1.165) is 44.9 Å². The molecule has 0 radical (unpaired) electrons. The van der Waals surface area contributed by atoms with Gasteiger partial charge in [-0.05, 0) is 65.2 Å². The molecule has 32 heavy (non-hydrogen) atoms. The molecule has 1 aliphatic carbocycles. The van der Waals surface area contributed by atoms with E-state index in [4.69, 9.17) is 9.39 Å². The molecule has 3 fully saturated rings. The van der Waals surface area contributed by atoms with E-state index in [1.807, 2.05) is 0 Å². The molecule has 3 aliphatic rings. The SMILES string of the molecule is CC(C)(C)OC(=O)N[C@H](C(=O)N1CCCC1C(=O)NC1CCCOB1O)C1CCCCC1. The van der Waals surface area contributed by atoms with E-state index in [2.05, 4.69) is 10.6 Å². The van der Waals surface area contributed by atoms with Gasteiger partial charge in [0.25, 0.3) is 0 Å². The van der Waals surface area contributed by atoms with Crippen molar-refractivity contribution >= 4 is 25.0 Å². The van der Waals surface area contributed by atoms with Gasteiger partial charge in [0.1, 0.15) is 17.7 Å². The van der Waals surface area contributed by atoms with Gasteiger partial charge >= 0.3 is 13.2 Å². The van der Waals surface area contributed by atoms with Crippen molar-refractivity contribution in [2.45, 2.75) is 102 Å². The van der Waals surface area contributed by atoms with E-state index >= 15 is 0 Å². The molecule has 0 aromatic carbocycles. The maximum absolute atomic E-state index is 13.6. The zero-order valence-electron chi connectivity index (χ0n) is 19.6. The van der Waals surface area contributed by atoms with Crippen LogP contribution in [-0.2, 0) is 19.0 Å². The van der Waals surface area contributed by atoms with Gasteiger partial charge in [0.15, 0.2) is 0 Å². The molecule has 2 unspecified atom stereocenters. The van der Waals surface area contributed by atoms with Crippen molar-refractivity contribution in [3.05, 3.63) is 0 Å². The van der Waals surface area contributed by atoms with Crippen LogP contribution in [0.15, 0.2) is 0 Å². The van der Waals surface area contributed by atoms with Crippen molar-refractivity contribution in [1.29, 1.82) is 0 Å². The maximum Gasteiger partial charge on any atom is 0.478 e. The number of likely N-dealkylation sites (tertiary alicyclic amines) is 1. The summed E-state index contributed by atoms with van der Waals surface area (Å²) in [6.07, 6.45) is 6.97. The minimum atomic E-state index is -1.03. The van der Waals surface area contributed by atoms with Crippen molar-refractivity contribution in [2.75, 3.05) is 13.2 Å². The Morgan fingerprint density at radius 1 is 1.06 bits per heavy atom. The predicted molar refractivity (Wildman–Crippen MR) is 120 cm³/mol. The minimum Gasteiger partial charge on any atom is -0.444 e. The molecular weight excluding hydrogens is 413 g/mol. The third kappa shape index (κ3) is 6.60. The normalized spacial score (nSPS) is 25.9. The predicted octanol–water partition coefficient (Wildman–Crippen LogP) is 1.77. The van der Waals surface area contributed by atoms with Gasteiger partial charge in [0.05, 0.1) is 5.94 Å². The molecule has 0 spiro atoms. The van der Waals surface area contributed by atoms with E-state index in [1.165, 1.54) is 0 Å². The van der Waals surface area contributed by atoms with E-state index in [-0.39, 0.29) is 17.7 Å². The molecule has 2 heterocycles. The van der Waals surface area contributed by atoms with Gasteiger partial charge in [-0.25, -0.2) is 4.79 Å². The second-order valence-electron chi connectivity index (χ2n) is 10.2. The van der Waals surface area contributed by atoms with Crippen molar-refractivity contribution in [2.24, 2.45) is 5.92 Å². The zero-order valence-corrected chi connectivity index (χ0v) is 19.6. The molecule has 10 heteroatoms. The van der Waals surface area contributed by atoms with Crippen LogP contribution in [-0.4, -0.2) is 71.7 Å². The summed E-state index contributed by atoms with van der Waals surface area (Å²) in [4.78, 5) is 40.7. The highest BCUT2D eigenvalue weighted by molar-refractivity contribution is 6.45. The first-order chi connectivity index (χ1) is 15.2. The standard InChI is InChI=1S/C22H38BN3O6/c1-22(2,3)32-21(29)25-18(15-9-5-4-6-10-15)20(28)26-13-7-11-16(26)19(27)24-17-12-8-14-31-23(17)30/h15-18,30H,4-14H2,1-3H3,(H,24,27)(H,25,29)/t16?,17?,18-/m0/s1. The summed E-state index contributed by atoms with van der Waals surface area (Å²) in [7, 11) is -1.03. The van der Waals surface area contributed by atoms with Gasteiger partial charge in [0.2, 0.25) is 11.8 Å². The summed E-state index contributed by atoms with van der Waals surface area (Å²) >= 11 is 0. The van der Waals surface area contributed by atoms with Gasteiger partial charge in [-0.3, -0.25) is 9.59 Å². The van der Waals surface area contributed by atoms with E-state index < -0.39 is 36.8 Å². The molecule has 0 aromatic heterocycles. The molecular formula is C22H38BN3O6. The Hall–Kier alpha value is -1.81. The summed E-state index contributed by atoms with van der Waals surface area (Å²) < 4.78 is 10.6. The van der Waals surface area contributed by atoms with Crippen molar-refractivity contribution in [1.82, 2.24) is 15.5 Å². The van der Waals surface area contributed by atoms with E-state index in [9.17, 15) is 19.4 Å². The number of nitrogens with zero attached hydrogens (tertiary/aromatic N) is 1. The van der Waals surface area contributed by atoms with Crippen molar-refractivity contribution in [3.63, 3.8) is 0 Å². The first-order valence-electron chi connectivity index (χ1n) is 12.1. The first kappa shape index (κ1) is 24.8. The Bertz CT molecular complexity index is 679. The lowest BCUT2D eigenvalue weighted by atomic mass is 9.74. The Morgan fingerprint density at radius 2 is 1.78 bits per heavy atom. The summed E-state index contributed by atoms with van der Waals surface area (Å²) in [5, 5.41) is 15.7. The van der Waals surface area contributed by atoms with Crippen LogP contribution in [0, 0.1) is 5.92 Å². The Morgan fingerprint density at radius 3 is 2.44 bits per heavy atom. The molecule has 0 aromatic rings. The Kier molecular flexibility index (Phi) is 8.44. The number of rotatable bonds is 5. The lowest BCUT2D eigenvalue weighted by molar-refractivity contribution is -0.141. The van der Waals surface area contributed by atoms with Gasteiger partial charge < -0.3 is 29.9 Å². The van der Waals surface area contributed by atoms with Crippen LogP contribution >= 0.6 is 0 Å². The minimum absolute atomic E-state index is 0.0293. The van der Waals surface area contributed by atoms with Crippen LogP contribution in [0.5, 0.6) is 0 Å². The number of ether oxygens (including phenoxy) is 1. The molecule has 2 aliphatic heterocycles. The lowest BCUT2D eigenvalue weighted by Gasteiger charge is -2.35. The summed E-state index contributed by atoms with van der Waals surface area (Å²) in [5.74, 6) is -0.935. The number of carbonyl (C=O) groups is 3. The topological polar surface area (TPSA) is 117 Å². The van der Waals surface area contributed by atoms with E-state index in [1.54, 1.807) is 25.7 Å². The number of carbonyl (C=O) groups excluding carboxylic acids is 3. The second kappa shape index (κ2) is 10.9. The number of hydrogen-bond acceptors (Lipinski definition) is 6. The van der Waals surface area contributed by atoms with Crippen LogP contribution in [0.3, 0.4) is 0 Å². The summed E-state index contributed by atoms with van der Waals surface area (Å²) in [6, 6.07) is -1.31. The van der Waals surface area contributed by atoms with Gasteiger partial charge in [-0.15, -0.1) is 0 Å².